The highest BCUT2D eigenvalue weighted by molar-refractivity contribution is 7.89. The average Bonchev–Trinajstić information content (AvgIpc) is 3.74. The standard InChI is InChI=1S/C34H39ClFN7O5S2/c1-34(32(44)48-4)28(38-30(31-37-13-17-49-31)39-29(34)26-12-9-23(36)18-27(26)35)21-41-15-16-43-24(19-41)20-42(33(43)45)14-5-6-22-7-10-25(11-8-22)50(46,47)40(2)3/h7-13,17-18,24,28-29,33,45H,14-16,19-21H2,1-4H3,(H,38,39)/t24-,28?,29-,33?,34?/m0/s1. The number of nitrogens with one attached hydrogen (secondary N) is 1. The number of rotatable bonds is 8. The Hall–Kier alpha value is -3.46. The number of ether oxygens (including phenoxy) is 1. The fourth-order valence-electron chi connectivity index (χ4n) is 6.80. The number of nitrogens with zero attached hydrogens (tertiary/aromatic N) is 6. The van der Waals surface area contributed by atoms with Crippen molar-refractivity contribution < 1.29 is 27.4 Å². The van der Waals surface area contributed by atoms with Crippen LogP contribution in [0.5, 0.6) is 0 Å². The van der Waals surface area contributed by atoms with E-state index in [-0.39, 0.29) is 16.0 Å². The first kappa shape index (κ1) is 36.3. The molecule has 3 aliphatic rings. The predicted octanol–water partition coefficient (Wildman–Crippen LogP) is 2.45. The van der Waals surface area contributed by atoms with Crippen LogP contribution in [-0.4, -0.2) is 128 Å². The third-order valence-corrected chi connectivity index (χ3v) is 12.6. The van der Waals surface area contributed by atoms with Gasteiger partial charge in [-0.25, -0.2) is 22.1 Å². The Balaban J connectivity index is 1.18. The molecule has 6 rings (SSSR count). The molecule has 2 N–H and O–H groups in total. The minimum atomic E-state index is -3.52. The summed E-state index contributed by atoms with van der Waals surface area (Å²) in [5.41, 5.74) is -0.0360. The number of aromatic nitrogens is 1. The Morgan fingerprint density at radius 2 is 1.98 bits per heavy atom. The summed E-state index contributed by atoms with van der Waals surface area (Å²) in [7, 11) is 0.791. The molecule has 16 heteroatoms. The van der Waals surface area contributed by atoms with E-state index in [1.165, 1.54) is 56.8 Å². The number of thiazole rings is 1. The van der Waals surface area contributed by atoms with Gasteiger partial charge in [0.05, 0.1) is 30.6 Å². The highest BCUT2D eigenvalue weighted by Gasteiger charge is 2.54. The van der Waals surface area contributed by atoms with Crippen LogP contribution in [0.3, 0.4) is 0 Å². The van der Waals surface area contributed by atoms with E-state index in [9.17, 15) is 22.7 Å². The molecule has 2 saturated heterocycles. The molecule has 1 aromatic heterocycles. The van der Waals surface area contributed by atoms with Crippen LogP contribution >= 0.6 is 22.9 Å². The Morgan fingerprint density at radius 3 is 2.64 bits per heavy atom. The van der Waals surface area contributed by atoms with Crippen LogP contribution in [0.25, 0.3) is 0 Å². The molecular formula is C34H39ClFN7O5S2. The summed E-state index contributed by atoms with van der Waals surface area (Å²) in [4.78, 5) is 29.5. The molecular weight excluding hydrogens is 705 g/mol. The maximum atomic E-state index is 14.1. The van der Waals surface area contributed by atoms with Crippen molar-refractivity contribution in [3.63, 3.8) is 0 Å². The summed E-state index contributed by atoms with van der Waals surface area (Å²) in [6, 6.07) is 9.25. The summed E-state index contributed by atoms with van der Waals surface area (Å²) < 4.78 is 45.4. The Labute approximate surface area is 300 Å². The van der Waals surface area contributed by atoms with E-state index >= 15 is 0 Å². The lowest BCUT2D eigenvalue weighted by atomic mass is 9.71. The monoisotopic (exact) mass is 743 g/mol. The molecule has 5 atom stereocenters. The molecule has 3 aliphatic heterocycles. The van der Waals surface area contributed by atoms with Crippen LogP contribution in [0.15, 0.2) is 63.9 Å². The number of piperazine rings is 1. The molecule has 266 valence electrons. The van der Waals surface area contributed by atoms with Gasteiger partial charge in [0.15, 0.2) is 17.2 Å². The molecule has 3 unspecified atom stereocenters. The van der Waals surface area contributed by atoms with Crippen molar-refractivity contribution in [2.24, 2.45) is 10.4 Å². The SMILES string of the molecule is COC(=O)C1(C)C(CN2CCN3C(O)N(CC#Cc4ccc(S(=O)(=O)N(C)C)cc4)C[C@@H]3C2)NC(c2nccs2)=N[C@H]1c1ccc(F)cc1Cl. The van der Waals surface area contributed by atoms with Gasteiger partial charge in [-0.1, -0.05) is 29.5 Å². The van der Waals surface area contributed by atoms with Gasteiger partial charge >= 0.3 is 5.97 Å². The molecule has 3 aromatic rings. The topological polar surface area (TPSA) is 131 Å². The molecule has 0 spiro atoms. The number of hydrogen-bond donors (Lipinski definition) is 2. The van der Waals surface area contributed by atoms with Gasteiger partial charge in [0.1, 0.15) is 11.2 Å². The number of sulfonamides is 1. The van der Waals surface area contributed by atoms with E-state index in [0.29, 0.717) is 61.2 Å². The number of fused-ring (bicyclic) bond motifs is 1. The molecule has 0 aliphatic carbocycles. The van der Waals surface area contributed by atoms with Gasteiger partial charge < -0.3 is 15.2 Å². The number of aliphatic hydroxyl groups excluding tert-OH is 1. The molecule has 0 bridgehead atoms. The van der Waals surface area contributed by atoms with Gasteiger partial charge in [-0.3, -0.25) is 24.5 Å². The number of halogens is 2. The third kappa shape index (κ3) is 7.04. The Kier molecular flexibility index (Phi) is 10.6. The quantitative estimate of drug-likeness (QED) is 0.262. The summed E-state index contributed by atoms with van der Waals surface area (Å²) in [5.74, 6) is 5.75. The molecule has 0 radical (unpaired) electrons. The minimum Gasteiger partial charge on any atom is -0.468 e. The van der Waals surface area contributed by atoms with Crippen LogP contribution in [0.4, 0.5) is 4.39 Å². The molecule has 12 nitrogen and oxygen atoms in total. The second kappa shape index (κ2) is 14.6. The van der Waals surface area contributed by atoms with Crippen molar-refractivity contribution in [3.05, 3.63) is 81.0 Å². The lowest BCUT2D eigenvalue weighted by Gasteiger charge is -2.47. The second-order valence-corrected chi connectivity index (χ2v) is 16.3. The number of aliphatic imine (C=N–C) groups is 1. The minimum absolute atomic E-state index is 0.0125. The summed E-state index contributed by atoms with van der Waals surface area (Å²) in [6.07, 6.45) is 0.883. The number of carbonyl (C=O) groups is 1. The smallest absolute Gasteiger partial charge is 0.316 e. The van der Waals surface area contributed by atoms with E-state index in [4.69, 9.17) is 21.3 Å². The summed E-state index contributed by atoms with van der Waals surface area (Å²) >= 11 is 7.98. The Morgan fingerprint density at radius 1 is 1.22 bits per heavy atom. The van der Waals surface area contributed by atoms with Crippen molar-refractivity contribution in [2.75, 3.05) is 60.5 Å². The maximum absolute atomic E-state index is 14.1. The van der Waals surface area contributed by atoms with Crippen LogP contribution in [-0.2, 0) is 19.6 Å². The number of amidine groups is 1. The first-order chi connectivity index (χ1) is 23.8. The molecule has 2 aromatic carbocycles. The first-order valence-corrected chi connectivity index (χ1v) is 18.7. The van der Waals surface area contributed by atoms with E-state index < -0.39 is 45.7 Å². The van der Waals surface area contributed by atoms with Gasteiger partial charge in [0, 0.05) is 75.0 Å². The van der Waals surface area contributed by atoms with E-state index in [0.717, 1.165) is 4.31 Å². The molecule has 0 saturated carbocycles. The van der Waals surface area contributed by atoms with E-state index in [1.54, 1.807) is 31.3 Å². The van der Waals surface area contributed by atoms with Crippen molar-refractivity contribution in [1.29, 1.82) is 0 Å². The number of benzene rings is 2. The van der Waals surface area contributed by atoms with Crippen molar-refractivity contribution in [1.82, 2.24) is 29.3 Å². The number of esters is 1. The average molecular weight is 744 g/mol. The van der Waals surface area contributed by atoms with Crippen LogP contribution < -0.4 is 5.32 Å². The van der Waals surface area contributed by atoms with Crippen LogP contribution in [0.2, 0.25) is 5.02 Å². The number of hydrogen-bond acceptors (Lipinski definition) is 12. The fraction of sp³-hybridized carbons (Fsp3) is 0.441. The zero-order valence-electron chi connectivity index (χ0n) is 28.1. The normalized spacial score (nSPS) is 26.1. The van der Waals surface area contributed by atoms with Crippen molar-refractivity contribution in [3.8, 4) is 11.8 Å². The first-order valence-electron chi connectivity index (χ1n) is 16.0. The predicted molar refractivity (Wildman–Crippen MR) is 189 cm³/mol. The lowest BCUT2D eigenvalue weighted by Crippen LogP contribution is -2.63. The van der Waals surface area contributed by atoms with Crippen LogP contribution in [0.1, 0.15) is 29.1 Å². The molecule has 0 amide bonds. The second-order valence-electron chi connectivity index (χ2n) is 12.9. The summed E-state index contributed by atoms with van der Waals surface area (Å²) in [5, 5.41) is 17.3. The van der Waals surface area contributed by atoms with Gasteiger partial charge in [0.2, 0.25) is 10.0 Å². The Bertz CT molecular complexity index is 1920. The van der Waals surface area contributed by atoms with Crippen molar-refractivity contribution >= 4 is 44.8 Å². The highest BCUT2D eigenvalue weighted by atomic mass is 35.5. The maximum Gasteiger partial charge on any atom is 0.316 e. The highest BCUT2D eigenvalue weighted by Crippen LogP contribution is 2.46. The molecule has 50 heavy (non-hydrogen) atoms. The number of methoxy groups -OCH3 is 1. The summed E-state index contributed by atoms with van der Waals surface area (Å²) in [6.45, 7) is 5.02. The van der Waals surface area contributed by atoms with Crippen LogP contribution in [0, 0.1) is 23.1 Å². The van der Waals surface area contributed by atoms with Gasteiger partial charge in [-0.05, 0) is 48.9 Å². The van der Waals surface area contributed by atoms with Gasteiger partial charge in [-0.2, -0.15) is 0 Å². The fourth-order valence-corrected chi connectivity index (χ4v) is 8.57. The molecule has 2 fully saturated rings. The molecule has 4 heterocycles. The van der Waals surface area contributed by atoms with Gasteiger partial charge in [-0.15, -0.1) is 11.3 Å². The van der Waals surface area contributed by atoms with E-state index in [1.807, 2.05) is 10.3 Å². The number of aliphatic hydroxyl groups is 1. The third-order valence-electron chi connectivity index (χ3n) is 9.65. The van der Waals surface area contributed by atoms with E-state index in [2.05, 4.69) is 31.9 Å². The zero-order valence-corrected chi connectivity index (χ0v) is 30.5. The van der Waals surface area contributed by atoms with Crippen molar-refractivity contribution in [2.45, 2.75) is 36.3 Å². The van der Waals surface area contributed by atoms with Gasteiger partial charge in [0.25, 0.3) is 0 Å². The zero-order chi connectivity index (χ0) is 35.8. The number of carbonyl (C=O) groups excluding carboxylic acids is 1. The lowest BCUT2D eigenvalue weighted by molar-refractivity contribution is -0.156. The largest absolute Gasteiger partial charge is 0.468 e.